The van der Waals surface area contributed by atoms with Gasteiger partial charge in [-0.3, -0.25) is 0 Å². The molecule has 0 bridgehead atoms. The van der Waals surface area contributed by atoms with Crippen molar-refractivity contribution in [3.63, 3.8) is 0 Å². The first-order valence-corrected chi connectivity index (χ1v) is 8.29. The Bertz CT molecular complexity index is 449. The third-order valence-electron chi connectivity index (χ3n) is 4.34. The third-order valence-corrected chi connectivity index (χ3v) is 4.34. The summed E-state index contributed by atoms with van der Waals surface area (Å²) in [6.45, 7) is 7.38. The van der Waals surface area contributed by atoms with Crippen molar-refractivity contribution in [1.29, 1.82) is 0 Å². The topological polar surface area (TPSA) is 21.3 Å². The first-order chi connectivity index (χ1) is 10.1. The lowest BCUT2D eigenvalue weighted by Crippen LogP contribution is -2.24. The van der Waals surface area contributed by atoms with Gasteiger partial charge in [-0.25, -0.2) is 4.39 Å². The monoisotopic (exact) mass is 293 g/mol. The Morgan fingerprint density at radius 2 is 2.19 bits per heavy atom. The van der Waals surface area contributed by atoms with Crippen LogP contribution in [-0.2, 0) is 0 Å². The summed E-state index contributed by atoms with van der Waals surface area (Å²) in [6.07, 6.45) is 5.78. The third kappa shape index (κ3) is 4.70. The summed E-state index contributed by atoms with van der Waals surface area (Å²) < 4.78 is 20.1. The lowest BCUT2D eigenvalue weighted by Gasteiger charge is -2.27. The number of halogens is 1. The first kappa shape index (κ1) is 16.3. The van der Waals surface area contributed by atoms with E-state index in [0.29, 0.717) is 11.7 Å². The van der Waals surface area contributed by atoms with Gasteiger partial charge < -0.3 is 10.1 Å². The maximum Gasteiger partial charge on any atom is 0.165 e. The highest BCUT2D eigenvalue weighted by Gasteiger charge is 2.21. The van der Waals surface area contributed by atoms with Crippen molar-refractivity contribution >= 4 is 0 Å². The predicted molar refractivity (Wildman–Crippen MR) is 85.2 cm³/mol. The Hall–Kier alpha value is -1.09. The van der Waals surface area contributed by atoms with E-state index in [4.69, 9.17) is 4.74 Å². The van der Waals surface area contributed by atoms with E-state index in [1.807, 2.05) is 6.07 Å². The Balaban J connectivity index is 1.98. The van der Waals surface area contributed by atoms with Crippen LogP contribution < -0.4 is 10.1 Å². The SMILES string of the molecule is CCCNC(C)c1ccc(OC2CCCC(C)C2)c(F)c1. The molecule has 21 heavy (non-hydrogen) atoms. The summed E-state index contributed by atoms with van der Waals surface area (Å²) in [5.74, 6) is 0.848. The Kier molecular flexibility index (Phi) is 6.04. The smallest absolute Gasteiger partial charge is 0.165 e. The Morgan fingerprint density at radius 1 is 1.38 bits per heavy atom. The second kappa shape index (κ2) is 7.79. The molecule has 1 saturated carbocycles. The van der Waals surface area contributed by atoms with E-state index in [1.54, 1.807) is 12.1 Å². The number of nitrogens with one attached hydrogen (secondary N) is 1. The van der Waals surface area contributed by atoms with Crippen molar-refractivity contribution in [2.45, 2.75) is 65.0 Å². The standard InChI is InChI=1S/C18H28FNO/c1-4-10-20-14(3)15-8-9-18(17(19)12-15)21-16-7-5-6-13(2)11-16/h8-9,12-14,16,20H,4-7,10-11H2,1-3H3. The maximum atomic E-state index is 14.2. The van der Waals surface area contributed by atoms with Gasteiger partial charge in [-0.15, -0.1) is 0 Å². The molecule has 1 aromatic carbocycles. The molecule has 1 aliphatic carbocycles. The largest absolute Gasteiger partial charge is 0.487 e. The molecule has 118 valence electrons. The lowest BCUT2D eigenvalue weighted by atomic mass is 9.89. The highest BCUT2D eigenvalue weighted by atomic mass is 19.1. The van der Waals surface area contributed by atoms with Gasteiger partial charge in [-0.2, -0.15) is 0 Å². The zero-order chi connectivity index (χ0) is 15.2. The number of ether oxygens (including phenoxy) is 1. The van der Waals surface area contributed by atoms with Gasteiger partial charge >= 0.3 is 0 Å². The van der Waals surface area contributed by atoms with E-state index in [0.717, 1.165) is 31.4 Å². The second-order valence-electron chi connectivity index (χ2n) is 6.38. The predicted octanol–water partition coefficient (Wildman–Crippen LogP) is 4.84. The van der Waals surface area contributed by atoms with E-state index >= 15 is 0 Å². The molecule has 2 nitrogen and oxygen atoms in total. The van der Waals surface area contributed by atoms with Crippen LogP contribution in [0.2, 0.25) is 0 Å². The fraction of sp³-hybridized carbons (Fsp3) is 0.667. The molecular formula is C18H28FNO. The molecule has 3 heteroatoms. The molecule has 0 aliphatic heterocycles. The van der Waals surface area contributed by atoms with E-state index in [2.05, 4.69) is 26.1 Å². The van der Waals surface area contributed by atoms with Crippen LogP contribution >= 0.6 is 0 Å². The van der Waals surface area contributed by atoms with Crippen LogP contribution in [0.4, 0.5) is 4.39 Å². The van der Waals surface area contributed by atoms with Crippen molar-refractivity contribution in [3.8, 4) is 5.75 Å². The van der Waals surface area contributed by atoms with E-state index in [9.17, 15) is 4.39 Å². The molecule has 0 heterocycles. The molecule has 0 saturated heterocycles. The van der Waals surface area contributed by atoms with Crippen LogP contribution in [0.3, 0.4) is 0 Å². The van der Waals surface area contributed by atoms with E-state index < -0.39 is 0 Å². The maximum absolute atomic E-state index is 14.2. The van der Waals surface area contributed by atoms with Crippen LogP contribution in [0.15, 0.2) is 18.2 Å². The summed E-state index contributed by atoms with van der Waals surface area (Å²) in [7, 11) is 0. The van der Waals surface area contributed by atoms with Crippen molar-refractivity contribution in [2.75, 3.05) is 6.54 Å². The van der Waals surface area contributed by atoms with Crippen molar-refractivity contribution in [1.82, 2.24) is 5.32 Å². The van der Waals surface area contributed by atoms with Crippen molar-refractivity contribution in [2.24, 2.45) is 5.92 Å². The number of hydrogen-bond acceptors (Lipinski definition) is 2. The summed E-state index contributed by atoms with van der Waals surface area (Å²) in [5.41, 5.74) is 0.977. The van der Waals surface area contributed by atoms with Crippen molar-refractivity contribution in [3.05, 3.63) is 29.6 Å². The van der Waals surface area contributed by atoms with E-state index in [1.165, 1.54) is 12.8 Å². The average molecular weight is 293 g/mol. The van der Waals surface area contributed by atoms with Gasteiger partial charge in [0.25, 0.3) is 0 Å². The molecule has 1 aliphatic rings. The average Bonchev–Trinajstić information content (AvgIpc) is 2.47. The van der Waals surface area contributed by atoms with Crippen LogP contribution in [-0.4, -0.2) is 12.6 Å². The molecule has 1 fully saturated rings. The summed E-state index contributed by atoms with van der Waals surface area (Å²) >= 11 is 0. The van der Waals surface area contributed by atoms with Gasteiger partial charge in [0.05, 0.1) is 6.10 Å². The Morgan fingerprint density at radius 3 is 2.86 bits per heavy atom. The van der Waals surface area contributed by atoms with Gasteiger partial charge in [0.1, 0.15) is 0 Å². The molecule has 1 aromatic rings. The van der Waals surface area contributed by atoms with Gasteiger partial charge in [0, 0.05) is 6.04 Å². The molecule has 0 radical (unpaired) electrons. The lowest BCUT2D eigenvalue weighted by molar-refractivity contribution is 0.124. The number of hydrogen-bond donors (Lipinski definition) is 1. The highest BCUT2D eigenvalue weighted by molar-refractivity contribution is 5.31. The van der Waals surface area contributed by atoms with Gasteiger partial charge in [-0.1, -0.05) is 26.3 Å². The molecule has 2 rings (SSSR count). The van der Waals surface area contributed by atoms with Crippen LogP contribution in [0.25, 0.3) is 0 Å². The molecule has 3 unspecified atom stereocenters. The van der Waals surface area contributed by atoms with E-state index in [-0.39, 0.29) is 18.0 Å². The zero-order valence-corrected chi connectivity index (χ0v) is 13.5. The van der Waals surface area contributed by atoms with Crippen LogP contribution in [0, 0.1) is 11.7 Å². The normalized spacial score (nSPS) is 23.8. The number of benzene rings is 1. The molecule has 0 aromatic heterocycles. The minimum absolute atomic E-state index is 0.170. The molecule has 0 spiro atoms. The second-order valence-corrected chi connectivity index (χ2v) is 6.38. The minimum Gasteiger partial charge on any atom is -0.487 e. The zero-order valence-electron chi connectivity index (χ0n) is 13.5. The summed E-state index contributed by atoms with van der Waals surface area (Å²) in [5, 5.41) is 3.37. The summed E-state index contributed by atoms with van der Waals surface area (Å²) in [4.78, 5) is 0. The van der Waals surface area contributed by atoms with Crippen molar-refractivity contribution < 1.29 is 9.13 Å². The van der Waals surface area contributed by atoms with Gasteiger partial charge in [-0.05, 0) is 62.8 Å². The van der Waals surface area contributed by atoms with Crippen LogP contribution in [0.5, 0.6) is 5.75 Å². The van der Waals surface area contributed by atoms with Gasteiger partial charge in [0.15, 0.2) is 11.6 Å². The van der Waals surface area contributed by atoms with Crippen LogP contribution in [0.1, 0.15) is 64.5 Å². The molecule has 0 amide bonds. The number of rotatable bonds is 6. The molecular weight excluding hydrogens is 265 g/mol. The fourth-order valence-electron chi connectivity index (χ4n) is 3.03. The quantitative estimate of drug-likeness (QED) is 0.810. The molecule has 3 atom stereocenters. The Labute approximate surface area is 128 Å². The first-order valence-electron chi connectivity index (χ1n) is 8.29. The molecule has 1 N–H and O–H groups in total. The summed E-state index contributed by atoms with van der Waals surface area (Å²) in [6, 6.07) is 5.53. The fourth-order valence-corrected chi connectivity index (χ4v) is 3.03. The van der Waals surface area contributed by atoms with Gasteiger partial charge in [0.2, 0.25) is 0 Å². The minimum atomic E-state index is -0.240. The highest BCUT2D eigenvalue weighted by Crippen LogP contribution is 2.29.